The van der Waals surface area contributed by atoms with Crippen LogP contribution in [-0.4, -0.2) is 72.8 Å². The molecule has 3 saturated heterocycles. The van der Waals surface area contributed by atoms with E-state index < -0.39 is 0 Å². The molecule has 7 nitrogen and oxygen atoms in total. The Morgan fingerprint density at radius 3 is 2.47 bits per heavy atom. The summed E-state index contributed by atoms with van der Waals surface area (Å²) in [5.41, 5.74) is 0.730. The number of ether oxygens (including phenoxy) is 1. The molecule has 2 amide bonds. The Morgan fingerprint density at radius 2 is 1.80 bits per heavy atom. The first-order valence-electron chi connectivity index (χ1n) is 10.5. The summed E-state index contributed by atoms with van der Waals surface area (Å²) in [6.07, 6.45) is 3.53. The Kier molecular flexibility index (Phi) is 6.72. The van der Waals surface area contributed by atoms with Crippen LogP contribution in [0.3, 0.4) is 0 Å². The van der Waals surface area contributed by atoms with Gasteiger partial charge in [-0.2, -0.15) is 5.26 Å². The van der Waals surface area contributed by atoms with E-state index in [0.29, 0.717) is 43.6 Å². The molecule has 8 heteroatoms. The quantitative estimate of drug-likeness (QED) is 0.543. The largest absolute Gasteiger partial charge is 0.378 e. The number of rotatable bonds is 4. The third kappa shape index (κ3) is 4.38. The highest BCUT2D eigenvalue weighted by atomic mass is 32.2. The topological polar surface area (TPSA) is 76.9 Å². The summed E-state index contributed by atoms with van der Waals surface area (Å²) in [5, 5.41) is 10.0. The number of nitrogens with zero attached hydrogens (tertiary/aromatic N) is 4. The van der Waals surface area contributed by atoms with Gasteiger partial charge in [-0.15, -0.1) is 0 Å². The number of morpholine rings is 1. The van der Waals surface area contributed by atoms with Crippen molar-refractivity contribution in [3.63, 3.8) is 0 Å². The Bertz CT molecular complexity index is 855. The number of hydrogen-bond acceptors (Lipinski definition) is 6. The van der Waals surface area contributed by atoms with Gasteiger partial charge in [-0.05, 0) is 38.1 Å². The molecule has 3 heterocycles. The minimum atomic E-state index is -0.323. The highest BCUT2D eigenvalue weighted by molar-refractivity contribution is 8.05. The Balaban J connectivity index is 1.66. The van der Waals surface area contributed by atoms with Crippen LogP contribution >= 0.6 is 11.8 Å². The van der Waals surface area contributed by atoms with Crippen LogP contribution in [0, 0.1) is 11.3 Å². The molecule has 1 atom stereocenters. The van der Waals surface area contributed by atoms with Crippen LogP contribution in [0.5, 0.6) is 0 Å². The molecule has 3 fully saturated rings. The summed E-state index contributed by atoms with van der Waals surface area (Å²) >= 11 is 1.35. The maximum atomic E-state index is 13.4. The monoisotopic (exact) mass is 426 g/mol. The minimum Gasteiger partial charge on any atom is -0.378 e. The smallest absolute Gasteiger partial charge is 0.267 e. The highest BCUT2D eigenvalue weighted by Gasteiger charge is 2.42. The van der Waals surface area contributed by atoms with E-state index in [1.165, 1.54) is 18.2 Å². The molecule has 4 rings (SSSR count). The standard InChI is InChI=1S/C22H26N4O3S/c23-15-18(20(27)25-11-13-29-14-12-25)22-26(17-7-3-1-4-8-17)21(28)19(30-22)16-24-9-5-2-6-10-24/h1,3-4,7-8,19H,2,5-6,9-14,16H2/b22-18-. The molecule has 3 aliphatic rings. The van der Waals surface area contributed by atoms with Crippen LogP contribution in [0.1, 0.15) is 19.3 Å². The van der Waals surface area contributed by atoms with Crippen molar-refractivity contribution in [3.8, 4) is 6.07 Å². The van der Waals surface area contributed by atoms with Crippen molar-refractivity contribution in [1.82, 2.24) is 9.80 Å². The van der Waals surface area contributed by atoms with Gasteiger partial charge in [0.15, 0.2) is 0 Å². The van der Waals surface area contributed by atoms with E-state index in [-0.39, 0.29) is 22.6 Å². The molecule has 0 N–H and O–H groups in total. The van der Waals surface area contributed by atoms with Gasteiger partial charge in [0, 0.05) is 25.3 Å². The van der Waals surface area contributed by atoms with Crippen molar-refractivity contribution in [3.05, 3.63) is 40.9 Å². The summed E-state index contributed by atoms with van der Waals surface area (Å²) in [5.74, 6) is -0.384. The third-order valence-corrected chi connectivity index (χ3v) is 6.92. The van der Waals surface area contributed by atoms with Crippen LogP contribution in [0.2, 0.25) is 0 Å². The van der Waals surface area contributed by atoms with Crippen LogP contribution in [0.25, 0.3) is 0 Å². The first-order chi connectivity index (χ1) is 14.7. The number of piperidine rings is 1. The molecule has 3 aliphatic heterocycles. The Morgan fingerprint density at radius 1 is 1.10 bits per heavy atom. The van der Waals surface area contributed by atoms with E-state index in [1.807, 2.05) is 30.3 Å². The van der Waals surface area contributed by atoms with E-state index in [9.17, 15) is 14.9 Å². The lowest BCUT2D eigenvalue weighted by atomic mass is 10.1. The van der Waals surface area contributed by atoms with Gasteiger partial charge in [-0.3, -0.25) is 14.5 Å². The van der Waals surface area contributed by atoms with Crippen molar-refractivity contribution >= 4 is 29.3 Å². The van der Waals surface area contributed by atoms with Crippen molar-refractivity contribution < 1.29 is 14.3 Å². The Labute approximate surface area is 181 Å². The van der Waals surface area contributed by atoms with Gasteiger partial charge in [0.2, 0.25) is 5.91 Å². The van der Waals surface area contributed by atoms with E-state index in [0.717, 1.165) is 25.9 Å². The lowest BCUT2D eigenvalue weighted by Crippen LogP contribution is -2.42. The summed E-state index contributed by atoms with van der Waals surface area (Å²) in [4.78, 5) is 32.1. The zero-order chi connectivity index (χ0) is 20.9. The lowest BCUT2D eigenvalue weighted by molar-refractivity contribution is -0.130. The van der Waals surface area contributed by atoms with Gasteiger partial charge < -0.3 is 14.5 Å². The second-order valence-corrected chi connectivity index (χ2v) is 8.86. The SMILES string of the molecule is N#C/C(C(=O)N1CCOCC1)=C1/SC(CN2CCCCC2)C(=O)N1c1ccccc1. The highest BCUT2D eigenvalue weighted by Crippen LogP contribution is 2.41. The normalized spacial score (nSPS) is 24.6. The van der Waals surface area contributed by atoms with E-state index in [1.54, 1.807) is 9.80 Å². The van der Waals surface area contributed by atoms with E-state index in [2.05, 4.69) is 11.0 Å². The van der Waals surface area contributed by atoms with Crippen LogP contribution in [-0.2, 0) is 14.3 Å². The number of amides is 2. The van der Waals surface area contributed by atoms with Crippen molar-refractivity contribution in [2.45, 2.75) is 24.5 Å². The number of benzene rings is 1. The predicted molar refractivity (Wildman–Crippen MR) is 116 cm³/mol. The molecular weight excluding hydrogens is 400 g/mol. The van der Waals surface area contributed by atoms with E-state index in [4.69, 9.17) is 4.74 Å². The first kappa shape index (κ1) is 20.9. The zero-order valence-electron chi connectivity index (χ0n) is 17.0. The van der Waals surface area contributed by atoms with Crippen molar-refractivity contribution in [2.75, 3.05) is 50.8 Å². The van der Waals surface area contributed by atoms with Crippen LogP contribution < -0.4 is 4.90 Å². The summed E-state index contributed by atoms with van der Waals surface area (Å²) in [6, 6.07) is 11.4. The van der Waals surface area contributed by atoms with Gasteiger partial charge in [0.1, 0.15) is 21.9 Å². The van der Waals surface area contributed by atoms with E-state index >= 15 is 0 Å². The fraction of sp³-hybridized carbons (Fsp3) is 0.500. The second-order valence-electron chi connectivity index (χ2n) is 7.67. The molecule has 1 aromatic carbocycles. The van der Waals surface area contributed by atoms with Gasteiger partial charge in [-0.25, -0.2) is 0 Å². The molecule has 158 valence electrons. The lowest BCUT2D eigenvalue weighted by Gasteiger charge is -2.27. The summed E-state index contributed by atoms with van der Waals surface area (Å²) in [7, 11) is 0. The molecule has 0 radical (unpaired) electrons. The number of anilines is 1. The average Bonchev–Trinajstić information content (AvgIpc) is 3.11. The van der Waals surface area contributed by atoms with Gasteiger partial charge in [-0.1, -0.05) is 36.4 Å². The fourth-order valence-corrected chi connectivity index (χ4v) is 5.39. The number of likely N-dealkylation sites (tertiary alicyclic amines) is 1. The molecule has 0 bridgehead atoms. The fourth-order valence-electron chi connectivity index (χ4n) is 4.08. The zero-order valence-corrected chi connectivity index (χ0v) is 17.8. The van der Waals surface area contributed by atoms with Crippen LogP contribution in [0.15, 0.2) is 40.9 Å². The maximum Gasteiger partial charge on any atom is 0.267 e. The first-order valence-corrected chi connectivity index (χ1v) is 11.4. The number of carbonyl (C=O) groups is 2. The molecule has 1 aromatic rings. The third-order valence-electron chi connectivity index (χ3n) is 5.68. The van der Waals surface area contributed by atoms with Crippen molar-refractivity contribution in [1.29, 1.82) is 5.26 Å². The number of thioether (sulfide) groups is 1. The Hall–Kier alpha value is -2.34. The average molecular weight is 427 g/mol. The van der Waals surface area contributed by atoms with Gasteiger partial charge in [0.05, 0.1) is 13.2 Å². The number of hydrogen-bond donors (Lipinski definition) is 0. The number of carbonyl (C=O) groups excluding carboxylic acids is 2. The van der Waals surface area contributed by atoms with Gasteiger partial charge in [0.25, 0.3) is 5.91 Å². The van der Waals surface area contributed by atoms with Crippen molar-refractivity contribution in [2.24, 2.45) is 0 Å². The van der Waals surface area contributed by atoms with Crippen LogP contribution in [0.4, 0.5) is 5.69 Å². The predicted octanol–water partition coefficient (Wildman–Crippen LogP) is 2.21. The molecule has 0 saturated carbocycles. The maximum absolute atomic E-state index is 13.4. The number of para-hydroxylation sites is 1. The molecule has 0 aliphatic carbocycles. The van der Waals surface area contributed by atoms with Gasteiger partial charge >= 0.3 is 0 Å². The molecule has 30 heavy (non-hydrogen) atoms. The minimum absolute atomic E-state index is 0.0419. The molecular formula is C22H26N4O3S. The summed E-state index contributed by atoms with van der Waals surface area (Å²) in [6.45, 7) is 4.47. The second kappa shape index (κ2) is 9.65. The molecule has 0 aromatic heterocycles. The summed E-state index contributed by atoms with van der Waals surface area (Å²) < 4.78 is 5.33. The molecule has 1 unspecified atom stereocenters. The number of nitriles is 1. The molecule has 0 spiro atoms.